The number of aromatic nitrogens is 1. The normalized spacial score (nSPS) is 11.7. The molecule has 2 aromatic carbocycles. The summed E-state index contributed by atoms with van der Waals surface area (Å²) in [7, 11) is -1.57. The van der Waals surface area contributed by atoms with E-state index in [-0.39, 0.29) is 32.2 Å². The van der Waals surface area contributed by atoms with Gasteiger partial charge in [0.25, 0.3) is 0 Å². The Morgan fingerprint density at radius 3 is 2.63 bits per heavy atom. The molecular formula is C20H23BN2O3S. The van der Waals surface area contributed by atoms with Crippen molar-refractivity contribution in [2.75, 3.05) is 6.54 Å². The number of pyridine rings is 1. The van der Waals surface area contributed by atoms with Gasteiger partial charge in [0.2, 0.25) is 0 Å². The maximum Gasteiger partial charge on any atom is 0.488 e. The molecule has 3 rings (SSSR count). The second kappa shape index (κ2) is 9.15. The monoisotopic (exact) mass is 382 g/mol. The average Bonchev–Trinajstić information content (AvgIpc) is 2.63. The molecule has 1 atom stereocenters. The largest absolute Gasteiger partial charge is 0.488 e. The molecule has 0 radical (unpaired) electrons. The highest BCUT2D eigenvalue weighted by molar-refractivity contribution is 7.59. The summed E-state index contributed by atoms with van der Waals surface area (Å²) in [6.45, 7) is 1.96. The number of aryl methyl sites for hydroxylation is 1. The molecule has 0 aliphatic heterocycles. The molecule has 0 aliphatic rings. The van der Waals surface area contributed by atoms with Crippen LogP contribution in [0.4, 0.5) is 0 Å². The first-order valence-corrected chi connectivity index (χ1v) is 8.51. The van der Waals surface area contributed by atoms with Gasteiger partial charge in [0, 0.05) is 30.7 Å². The molecule has 1 heterocycles. The first-order valence-electron chi connectivity index (χ1n) is 8.51. The van der Waals surface area contributed by atoms with Crippen molar-refractivity contribution in [3.8, 4) is 0 Å². The van der Waals surface area contributed by atoms with Crippen molar-refractivity contribution in [2.45, 2.75) is 19.3 Å². The van der Waals surface area contributed by atoms with Crippen molar-refractivity contribution in [1.82, 2.24) is 4.98 Å². The number of nitrogens with two attached hydrogens (primary N) is 1. The Morgan fingerprint density at radius 1 is 1.15 bits per heavy atom. The molecule has 0 unspecified atom stereocenters. The number of hydrogen-bond donors (Lipinski definition) is 3. The number of ketones is 1. The second-order valence-corrected chi connectivity index (χ2v) is 6.48. The van der Waals surface area contributed by atoms with Gasteiger partial charge in [0.1, 0.15) is 5.78 Å². The lowest BCUT2D eigenvalue weighted by atomic mass is 9.75. The Morgan fingerprint density at radius 2 is 1.93 bits per heavy atom. The van der Waals surface area contributed by atoms with E-state index < -0.39 is 13.0 Å². The fourth-order valence-corrected chi connectivity index (χ4v) is 3.17. The zero-order valence-electron chi connectivity index (χ0n) is 15.1. The number of hydrogen-bond acceptors (Lipinski definition) is 5. The predicted molar refractivity (Wildman–Crippen MR) is 114 cm³/mol. The summed E-state index contributed by atoms with van der Waals surface area (Å²) < 4.78 is 0. The summed E-state index contributed by atoms with van der Waals surface area (Å²) in [4.78, 5) is 16.9. The summed E-state index contributed by atoms with van der Waals surface area (Å²) in [5.41, 5.74) is 8.64. The van der Waals surface area contributed by atoms with Gasteiger partial charge in [-0.1, -0.05) is 42.0 Å². The first kappa shape index (κ1) is 21.1. The number of benzene rings is 2. The molecule has 0 spiro atoms. The highest BCUT2D eigenvalue weighted by Crippen LogP contribution is 2.20. The van der Waals surface area contributed by atoms with Gasteiger partial charge < -0.3 is 15.8 Å². The van der Waals surface area contributed by atoms with Gasteiger partial charge >= 0.3 is 7.12 Å². The topological polar surface area (TPSA) is 96.4 Å². The highest BCUT2D eigenvalue weighted by atomic mass is 32.1. The minimum absolute atomic E-state index is 0. The van der Waals surface area contributed by atoms with Gasteiger partial charge in [-0.3, -0.25) is 9.78 Å². The van der Waals surface area contributed by atoms with Crippen LogP contribution >= 0.6 is 13.5 Å². The van der Waals surface area contributed by atoms with E-state index in [2.05, 4.69) is 4.98 Å². The van der Waals surface area contributed by atoms with E-state index in [1.165, 1.54) is 0 Å². The number of fused-ring (bicyclic) bond motifs is 1. The van der Waals surface area contributed by atoms with Crippen LogP contribution in [-0.2, 0) is 11.2 Å². The van der Waals surface area contributed by atoms with Crippen LogP contribution < -0.4 is 11.2 Å². The number of Topliss-reactive ketones (excluding diaryl/α,β-unsaturated/α-hetero) is 1. The van der Waals surface area contributed by atoms with Crippen molar-refractivity contribution < 1.29 is 14.8 Å². The molecule has 0 saturated heterocycles. The van der Waals surface area contributed by atoms with Crippen LogP contribution in [0.5, 0.6) is 0 Å². The lowest BCUT2D eigenvalue weighted by Crippen LogP contribution is -2.33. The first-order chi connectivity index (χ1) is 12.5. The smallest absolute Gasteiger partial charge is 0.423 e. The summed E-state index contributed by atoms with van der Waals surface area (Å²) in [5, 5.41) is 21.0. The molecular weight excluding hydrogens is 359 g/mol. The van der Waals surface area contributed by atoms with Gasteiger partial charge in [0.15, 0.2) is 0 Å². The van der Waals surface area contributed by atoms with Crippen molar-refractivity contribution in [2.24, 2.45) is 5.73 Å². The van der Waals surface area contributed by atoms with Crippen LogP contribution in [-0.4, -0.2) is 34.5 Å². The third kappa shape index (κ3) is 4.76. The van der Waals surface area contributed by atoms with Gasteiger partial charge in [0.05, 0.1) is 5.92 Å². The van der Waals surface area contributed by atoms with Crippen LogP contribution in [0.15, 0.2) is 54.9 Å². The lowest BCUT2D eigenvalue weighted by molar-refractivity contribution is -0.119. The van der Waals surface area contributed by atoms with E-state index in [4.69, 9.17) is 5.73 Å². The van der Waals surface area contributed by atoms with Gasteiger partial charge in [-0.2, -0.15) is 13.5 Å². The average molecular weight is 382 g/mol. The lowest BCUT2D eigenvalue weighted by Gasteiger charge is -2.17. The minimum atomic E-state index is -1.57. The molecule has 0 amide bonds. The Balaban J connectivity index is 0.00000261. The quantitative estimate of drug-likeness (QED) is 0.557. The fraction of sp³-hybridized carbons (Fsp3) is 0.200. The van der Waals surface area contributed by atoms with Gasteiger partial charge in [-0.15, -0.1) is 0 Å². The molecule has 4 N–H and O–H groups in total. The van der Waals surface area contributed by atoms with E-state index in [9.17, 15) is 14.8 Å². The van der Waals surface area contributed by atoms with E-state index in [0.29, 0.717) is 11.0 Å². The Labute approximate surface area is 165 Å². The SMILES string of the molecule is Cc1ccc([C@@H](CN)C(=O)Cc2ccc3cnccc3c2)cc1B(O)O.S. The molecule has 3 aromatic rings. The van der Waals surface area contributed by atoms with Crippen molar-refractivity contribution in [1.29, 1.82) is 0 Å². The molecule has 0 bridgehead atoms. The Hall–Kier alpha value is -2.19. The molecule has 5 nitrogen and oxygen atoms in total. The van der Waals surface area contributed by atoms with Crippen molar-refractivity contribution in [3.63, 3.8) is 0 Å². The molecule has 7 heteroatoms. The zero-order chi connectivity index (χ0) is 18.7. The van der Waals surface area contributed by atoms with Crippen LogP contribution in [0.3, 0.4) is 0 Å². The van der Waals surface area contributed by atoms with E-state index in [1.54, 1.807) is 31.5 Å². The highest BCUT2D eigenvalue weighted by Gasteiger charge is 2.22. The zero-order valence-corrected chi connectivity index (χ0v) is 16.1. The van der Waals surface area contributed by atoms with Crippen molar-refractivity contribution in [3.05, 3.63) is 71.5 Å². The Bertz CT molecular complexity index is 949. The number of rotatable bonds is 6. The summed E-state index contributed by atoms with van der Waals surface area (Å²) in [5.74, 6) is -0.482. The maximum atomic E-state index is 12.8. The molecule has 0 fully saturated rings. The van der Waals surface area contributed by atoms with Gasteiger partial charge in [-0.25, -0.2) is 0 Å². The van der Waals surface area contributed by atoms with Crippen LogP contribution in [0, 0.1) is 6.92 Å². The maximum absolute atomic E-state index is 12.8. The van der Waals surface area contributed by atoms with Crippen molar-refractivity contribution >= 4 is 42.6 Å². The molecule has 0 saturated carbocycles. The third-order valence-electron chi connectivity index (χ3n) is 4.69. The van der Waals surface area contributed by atoms with E-state index >= 15 is 0 Å². The number of nitrogens with zero attached hydrogens (tertiary/aromatic N) is 1. The molecule has 140 valence electrons. The van der Waals surface area contributed by atoms with Crippen LogP contribution in [0.1, 0.15) is 22.6 Å². The predicted octanol–water partition coefficient (Wildman–Crippen LogP) is 1.19. The Kier molecular flexibility index (Phi) is 7.15. The van der Waals surface area contributed by atoms with Gasteiger partial charge in [-0.05, 0) is 35.0 Å². The molecule has 1 aromatic heterocycles. The van der Waals surface area contributed by atoms with Crippen LogP contribution in [0.25, 0.3) is 10.8 Å². The number of carbonyl (C=O) groups excluding carboxylic acids is 1. The standard InChI is InChI=1S/C20H21BN2O3.H2S/c1-13-2-4-16(10-19(13)21(25)26)18(11-22)20(24)9-14-3-5-17-12-23-7-6-15(17)8-14;/h2-8,10,12,18,25-26H,9,11,22H2,1H3;1H2/t18-;/m1./s1. The molecule has 0 aliphatic carbocycles. The minimum Gasteiger partial charge on any atom is -0.423 e. The summed E-state index contributed by atoms with van der Waals surface area (Å²) >= 11 is 0. The fourth-order valence-electron chi connectivity index (χ4n) is 3.17. The summed E-state index contributed by atoms with van der Waals surface area (Å²) in [6.07, 6.45) is 3.79. The third-order valence-corrected chi connectivity index (χ3v) is 4.69. The van der Waals surface area contributed by atoms with E-state index in [1.807, 2.05) is 30.3 Å². The van der Waals surface area contributed by atoms with Crippen LogP contribution in [0.2, 0.25) is 0 Å². The summed E-state index contributed by atoms with van der Waals surface area (Å²) in [6, 6.07) is 13.0. The second-order valence-electron chi connectivity index (χ2n) is 6.48. The molecule has 27 heavy (non-hydrogen) atoms. The number of carbonyl (C=O) groups is 1. The van der Waals surface area contributed by atoms with E-state index in [0.717, 1.165) is 21.9 Å².